The lowest BCUT2D eigenvalue weighted by atomic mass is 9.97. The molecule has 2 fully saturated rings. The van der Waals surface area contributed by atoms with Crippen LogP contribution in [0.4, 0.5) is 0 Å². The molecule has 4 rings (SSSR count). The lowest BCUT2D eigenvalue weighted by Gasteiger charge is -2.08. The predicted octanol–water partition coefficient (Wildman–Crippen LogP) is 6.15. The molecule has 1 saturated heterocycles. The van der Waals surface area contributed by atoms with Crippen LogP contribution >= 0.6 is 11.6 Å². The third-order valence-corrected chi connectivity index (χ3v) is 6.59. The molecule has 1 aromatic carbocycles. The summed E-state index contributed by atoms with van der Waals surface area (Å²) in [7, 11) is 0. The van der Waals surface area contributed by atoms with Crippen LogP contribution in [-0.2, 0) is 12.8 Å². The molecule has 24 heavy (non-hydrogen) atoms. The number of fused-ring (bicyclic) bond motifs is 1. The van der Waals surface area contributed by atoms with Gasteiger partial charge >= 0.3 is 0 Å². The van der Waals surface area contributed by atoms with Gasteiger partial charge in [0.15, 0.2) is 0 Å². The molecule has 1 heterocycles. The van der Waals surface area contributed by atoms with Gasteiger partial charge in [-0.15, -0.1) is 0 Å². The van der Waals surface area contributed by atoms with Crippen LogP contribution in [0.3, 0.4) is 0 Å². The second-order valence-corrected chi connectivity index (χ2v) is 8.76. The van der Waals surface area contributed by atoms with Crippen molar-refractivity contribution in [2.45, 2.75) is 77.7 Å². The minimum Gasteiger partial charge on any atom is -0.307 e. The molecule has 1 aromatic rings. The van der Waals surface area contributed by atoms with E-state index in [4.69, 9.17) is 11.6 Å². The van der Waals surface area contributed by atoms with Gasteiger partial charge in [0.1, 0.15) is 0 Å². The van der Waals surface area contributed by atoms with Crippen molar-refractivity contribution in [1.82, 2.24) is 5.32 Å². The Hall–Kier alpha value is -0.790. The maximum absolute atomic E-state index is 6.38. The van der Waals surface area contributed by atoms with Gasteiger partial charge < -0.3 is 5.32 Å². The molecule has 0 bridgehead atoms. The number of allylic oxidation sites excluding steroid dienone is 2. The quantitative estimate of drug-likeness (QED) is 0.358. The molecule has 2 heteroatoms. The minimum absolute atomic E-state index is 0.476. The second-order valence-electron chi connectivity index (χ2n) is 8.33. The van der Waals surface area contributed by atoms with E-state index in [2.05, 4.69) is 31.3 Å². The average Bonchev–Trinajstić information content (AvgIpc) is 3.44. The van der Waals surface area contributed by atoms with Crippen LogP contribution in [0.2, 0.25) is 5.02 Å². The van der Waals surface area contributed by atoms with E-state index in [-0.39, 0.29) is 0 Å². The Morgan fingerprint density at radius 3 is 2.71 bits per heavy atom. The molecule has 2 aliphatic carbocycles. The van der Waals surface area contributed by atoms with Gasteiger partial charge in [0.2, 0.25) is 0 Å². The average molecular weight is 344 g/mol. The van der Waals surface area contributed by atoms with Gasteiger partial charge in [-0.1, -0.05) is 55.4 Å². The number of hydrogen-bond donors (Lipinski definition) is 1. The SMILES string of the molecule is CCCCCCC/C(C)=C1/CC12Cc1cc(Cl)cc(C3CN3)c1C2. The van der Waals surface area contributed by atoms with E-state index in [0.29, 0.717) is 11.5 Å². The largest absolute Gasteiger partial charge is 0.307 e. The highest BCUT2D eigenvalue weighted by Gasteiger charge is 2.53. The lowest BCUT2D eigenvalue weighted by Crippen LogP contribution is -2.00. The van der Waals surface area contributed by atoms with E-state index in [0.717, 1.165) is 11.6 Å². The molecule has 2 unspecified atom stereocenters. The third kappa shape index (κ3) is 3.18. The van der Waals surface area contributed by atoms with Gasteiger partial charge in [0.25, 0.3) is 0 Å². The zero-order chi connectivity index (χ0) is 16.7. The predicted molar refractivity (Wildman–Crippen MR) is 103 cm³/mol. The molecule has 0 aromatic heterocycles. The molecule has 3 aliphatic rings. The van der Waals surface area contributed by atoms with E-state index in [9.17, 15) is 0 Å². The Morgan fingerprint density at radius 2 is 1.96 bits per heavy atom. The van der Waals surface area contributed by atoms with Crippen LogP contribution in [-0.4, -0.2) is 6.54 Å². The lowest BCUT2D eigenvalue weighted by molar-refractivity contribution is 0.573. The summed E-state index contributed by atoms with van der Waals surface area (Å²) < 4.78 is 0. The molecule has 0 radical (unpaired) electrons. The molecule has 0 amide bonds. The van der Waals surface area contributed by atoms with E-state index in [1.54, 1.807) is 16.7 Å². The first-order valence-electron chi connectivity index (χ1n) is 9.86. The summed E-state index contributed by atoms with van der Waals surface area (Å²) in [6.07, 6.45) is 12.1. The Morgan fingerprint density at radius 1 is 1.17 bits per heavy atom. The Labute approximate surface area is 151 Å². The number of hydrogen-bond acceptors (Lipinski definition) is 1. The zero-order valence-corrected chi connectivity index (χ0v) is 15.9. The molecule has 1 saturated carbocycles. The number of rotatable bonds is 7. The van der Waals surface area contributed by atoms with Crippen LogP contribution in [0.15, 0.2) is 23.3 Å². The summed E-state index contributed by atoms with van der Waals surface area (Å²) in [5.41, 5.74) is 8.57. The summed E-state index contributed by atoms with van der Waals surface area (Å²) in [5, 5.41) is 4.39. The van der Waals surface area contributed by atoms with Gasteiger partial charge in [0.05, 0.1) is 0 Å². The first-order chi connectivity index (χ1) is 11.6. The van der Waals surface area contributed by atoms with Gasteiger partial charge in [-0.25, -0.2) is 0 Å². The van der Waals surface area contributed by atoms with Crippen molar-refractivity contribution in [3.8, 4) is 0 Å². The highest BCUT2D eigenvalue weighted by atomic mass is 35.5. The summed E-state index contributed by atoms with van der Waals surface area (Å²) in [4.78, 5) is 0. The van der Waals surface area contributed by atoms with Crippen molar-refractivity contribution in [3.05, 3.63) is 45.0 Å². The van der Waals surface area contributed by atoms with Crippen LogP contribution in [0.25, 0.3) is 0 Å². The number of benzene rings is 1. The Bertz CT molecular complexity index is 671. The van der Waals surface area contributed by atoms with Gasteiger partial charge in [0, 0.05) is 23.0 Å². The van der Waals surface area contributed by atoms with Crippen molar-refractivity contribution in [2.75, 3.05) is 6.54 Å². The first kappa shape index (κ1) is 16.7. The Balaban J connectivity index is 1.43. The van der Waals surface area contributed by atoms with Crippen LogP contribution < -0.4 is 5.32 Å². The number of nitrogens with one attached hydrogen (secondary N) is 1. The minimum atomic E-state index is 0.476. The first-order valence-corrected chi connectivity index (χ1v) is 10.2. The molecule has 1 aliphatic heterocycles. The number of unbranched alkanes of at least 4 members (excludes halogenated alkanes) is 4. The molecule has 2 atom stereocenters. The topological polar surface area (TPSA) is 21.9 Å². The van der Waals surface area contributed by atoms with Crippen molar-refractivity contribution in [3.63, 3.8) is 0 Å². The molecule has 1 spiro atoms. The fraction of sp³-hybridized carbons (Fsp3) is 0.636. The summed E-state index contributed by atoms with van der Waals surface area (Å²) in [6, 6.07) is 5.00. The van der Waals surface area contributed by atoms with Gasteiger partial charge in [-0.3, -0.25) is 0 Å². The molecule has 1 nitrogen and oxygen atoms in total. The molecular weight excluding hydrogens is 314 g/mol. The summed E-state index contributed by atoms with van der Waals surface area (Å²) in [5.74, 6) is 0. The zero-order valence-electron chi connectivity index (χ0n) is 15.2. The second kappa shape index (κ2) is 6.50. The summed E-state index contributed by atoms with van der Waals surface area (Å²) in [6.45, 7) is 5.80. The standard InChI is InChI=1S/C22H30ClN/c1-3-4-5-6-7-8-15(2)20-13-22(20)11-16-9-17(23)10-18(19(16)12-22)21-14-24-21/h9-10,21,24H,3-8,11-14H2,1-2H3/b20-15-. The maximum Gasteiger partial charge on any atom is 0.0451 e. The van der Waals surface area contributed by atoms with Gasteiger partial charge in [-0.05, 0) is 67.9 Å². The number of halogens is 1. The van der Waals surface area contributed by atoms with E-state index >= 15 is 0 Å². The van der Waals surface area contributed by atoms with Crippen LogP contribution in [0.5, 0.6) is 0 Å². The van der Waals surface area contributed by atoms with Crippen molar-refractivity contribution in [1.29, 1.82) is 0 Å². The van der Waals surface area contributed by atoms with E-state index < -0.39 is 0 Å². The fourth-order valence-electron chi connectivity index (χ4n) is 4.83. The normalized spacial score (nSPS) is 29.0. The van der Waals surface area contributed by atoms with Crippen LogP contribution in [0.1, 0.15) is 81.5 Å². The Kier molecular flexibility index (Phi) is 4.51. The fourth-order valence-corrected chi connectivity index (χ4v) is 5.07. The highest BCUT2D eigenvalue weighted by Crippen LogP contribution is 2.62. The van der Waals surface area contributed by atoms with Gasteiger partial charge in [-0.2, -0.15) is 0 Å². The van der Waals surface area contributed by atoms with Crippen molar-refractivity contribution in [2.24, 2.45) is 5.41 Å². The smallest absolute Gasteiger partial charge is 0.0451 e. The van der Waals surface area contributed by atoms with E-state index in [1.165, 1.54) is 68.9 Å². The molecular formula is C22H30ClN. The van der Waals surface area contributed by atoms with E-state index in [1.807, 2.05) is 0 Å². The summed E-state index contributed by atoms with van der Waals surface area (Å²) >= 11 is 6.38. The third-order valence-electron chi connectivity index (χ3n) is 6.37. The van der Waals surface area contributed by atoms with Crippen LogP contribution in [0, 0.1) is 5.41 Å². The van der Waals surface area contributed by atoms with Crippen molar-refractivity contribution >= 4 is 11.6 Å². The van der Waals surface area contributed by atoms with Crippen molar-refractivity contribution < 1.29 is 0 Å². The monoisotopic (exact) mass is 343 g/mol. The molecule has 1 N–H and O–H groups in total. The molecule has 130 valence electrons. The highest BCUT2D eigenvalue weighted by molar-refractivity contribution is 6.30. The maximum atomic E-state index is 6.38.